The Morgan fingerprint density at radius 1 is 0.882 bits per heavy atom. The van der Waals surface area contributed by atoms with Gasteiger partial charge in [0.25, 0.3) is 11.8 Å². The number of Topliss-reactive ketones (excluding diaryl/α,β-unsaturated/α-hetero) is 1. The van der Waals surface area contributed by atoms with Crippen molar-refractivity contribution in [2.24, 2.45) is 29.4 Å². The summed E-state index contributed by atoms with van der Waals surface area (Å²) in [6.07, 6.45) is 1.16. The van der Waals surface area contributed by atoms with Crippen LogP contribution in [0.4, 0.5) is 10.5 Å². The van der Waals surface area contributed by atoms with Crippen molar-refractivity contribution < 1.29 is 66.9 Å². The molecule has 20 nitrogen and oxygen atoms in total. The highest BCUT2D eigenvalue weighted by Gasteiger charge is 2.56. The lowest BCUT2D eigenvalue weighted by atomic mass is 9.78. The number of imide groups is 1. The first kappa shape index (κ1) is 56.3. The van der Waals surface area contributed by atoms with Gasteiger partial charge in [-0.1, -0.05) is 26.0 Å². The van der Waals surface area contributed by atoms with Crippen molar-refractivity contribution in [1.29, 1.82) is 0 Å². The SMILES string of the molecule is CC(C)[C@H](NC(=O)CCOCCOCCOCCN1C(=O)C(Br)=C(Br)C1=O)C(=O)C[C@@H](CCCNC(N)=O)C(=O)Nc1ccc(C[N+]2(C)CCN(C(=O)C3C4CCC(O4)C3C(=O)O)CC2)cc1.[CH3-]. The number of amides is 7. The number of nitrogens with two attached hydrogens (primary N) is 1. The van der Waals surface area contributed by atoms with Crippen molar-refractivity contribution in [3.05, 3.63) is 46.2 Å². The van der Waals surface area contributed by atoms with E-state index in [-0.39, 0.29) is 124 Å². The Kier molecular flexibility index (Phi) is 22.0. The summed E-state index contributed by atoms with van der Waals surface area (Å²) in [5.74, 6) is -5.51. The van der Waals surface area contributed by atoms with Crippen LogP contribution in [-0.2, 0) is 59.1 Å². The second-order valence-electron chi connectivity index (χ2n) is 18.0. The third kappa shape index (κ3) is 15.6. The van der Waals surface area contributed by atoms with Crippen LogP contribution in [0, 0.1) is 31.1 Å². The maximum Gasteiger partial charge on any atom is 0.312 e. The highest BCUT2D eigenvalue weighted by atomic mass is 79.9. The number of anilines is 1. The number of benzene rings is 1. The van der Waals surface area contributed by atoms with E-state index in [0.29, 0.717) is 62.2 Å². The van der Waals surface area contributed by atoms with Crippen molar-refractivity contribution >= 4 is 84.9 Å². The number of hydrogen-bond donors (Lipinski definition) is 5. The molecule has 22 heteroatoms. The van der Waals surface area contributed by atoms with Gasteiger partial charge in [0.2, 0.25) is 17.7 Å². The lowest BCUT2D eigenvalue weighted by molar-refractivity contribution is -0.926. The zero-order chi connectivity index (χ0) is 48.8. The number of hydrogen-bond acceptors (Lipinski definition) is 12. The molecule has 4 aliphatic rings. The summed E-state index contributed by atoms with van der Waals surface area (Å²) in [7, 11) is 2.12. The molecule has 7 amide bonds. The Morgan fingerprint density at radius 2 is 1.46 bits per heavy atom. The van der Waals surface area contributed by atoms with Gasteiger partial charge in [-0.2, -0.15) is 0 Å². The largest absolute Gasteiger partial charge is 0.481 e. The van der Waals surface area contributed by atoms with Crippen LogP contribution in [0.5, 0.6) is 0 Å². The van der Waals surface area contributed by atoms with Crippen LogP contribution in [-0.4, -0.2) is 171 Å². The van der Waals surface area contributed by atoms with Gasteiger partial charge in [0.05, 0.1) is 109 Å². The lowest BCUT2D eigenvalue weighted by Crippen LogP contribution is -2.59. The second kappa shape index (κ2) is 26.6. The van der Waals surface area contributed by atoms with E-state index >= 15 is 0 Å². The summed E-state index contributed by atoms with van der Waals surface area (Å²) in [5.41, 5.74) is 6.80. The Morgan fingerprint density at radius 3 is 2.03 bits per heavy atom. The van der Waals surface area contributed by atoms with E-state index in [1.807, 2.05) is 26.0 Å². The highest BCUT2D eigenvalue weighted by molar-refractivity contribution is 9.14. The number of rotatable bonds is 27. The minimum absolute atomic E-state index is 0. The number of carboxylic acid groups (broad SMARTS) is 1. The predicted molar refractivity (Wildman–Crippen MR) is 256 cm³/mol. The number of piperazine rings is 1. The molecule has 68 heavy (non-hydrogen) atoms. The minimum atomic E-state index is -0.973. The summed E-state index contributed by atoms with van der Waals surface area (Å²) in [6, 6.07) is 5.92. The van der Waals surface area contributed by atoms with Crippen LogP contribution in [0.15, 0.2) is 33.2 Å². The summed E-state index contributed by atoms with van der Waals surface area (Å²) in [6.45, 7) is 8.22. The lowest BCUT2D eigenvalue weighted by Gasteiger charge is -2.43. The van der Waals surface area contributed by atoms with Crippen molar-refractivity contribution in [3.8, 4) is 0 Å². The van der Waals surface area contributed by atoms with Crippen LogP contribution in [0.2, 0.25) is 0 Å². The number of carboxylic acids is 1. The normalized spacial score (nSPS) is 21.7. The quantitative estimate of drug-likeness (QED) is 0.0368. The number of primary amides is 1. The van der Waals surface area contributed by atoms with Crippen molar-refractivity contribution in [1.82, 2.24) is 20.4 Å². The Bertz CT molecular complexity index is 1970. The van der Waals surface area contributed by atoms with E-state index in [4.69, 9.17) is 24.7 Å². The maximum atomic E-state index is 13.7. The van der Waals surface area contributed by atoms with Crippen LogP contribution >= 0.6 is 31.9 Å². The van der Waals surface area contributed by atoms with Gasteiger partial charge in [-0.3, -0.25) is 38.5 Å². The van der Waals surface area contributed by atoms with Gasteiger partial charge in [-0.05, 0) is 75.6 Å². The molecular formula is C46H67Br2N7O13. The van der Waals surface area contributed by atoms with E-state index in [1.165, 1.54) is 0 Å². The molecule has 3 fully saturated rings. The summed E-state index contributed by atoms with van der Waals surface area (Å²) >= 11 is 6.16. The van der Waals surface area contributed by atoms with E-state index in [1.54, 1.807) is 17.0 Å². The third-order valence-corrected chi connectivity index (χ3v) is 14.7. The van der Waals surface area contributed by atoms with Gasteiger partial charge in [-0.25, -0.2) is 4.79 Å². The Labute approximate surface area is 414 Å². The first-order valence-electron chi connectivity index (χ1n) is 22.8. The molecule has 3 saturated heterocycles. The molecule has 0 saturated carbocycles. The smallest absolute Gasteiger partial charge is 0.312 e. The number of ether oxygens (including phenoxy) is 4. The molecule has 4 unspecified atom stereocenters. The van der Waals surface area contributed by atoms with Crippen LogP contribution < -0.4 is 21.7 Å². The minimum Gasteiger partial charge on any atom is -0.481 e. The van der Waals surface area contributed by atoms with Gasteiger partial charge < -0.3 is 62.5 Å². The molecule has 6 atom stereocenters. The van der Waals surface area contributed by atoms with E-state index < -0.39 is 53.7 Å². The zero-order valence-electron chi connectivity index (χ0n) is 39.3. The molecule has 4 aliphatic heterocycles. The third-order valence-electron chi connectivity index (χ3n) is 12.7. The summed E-state index contributed by atoms with van der Waals surface area (Å²) < 4.78 is 23.3. The van der Waals surface area contributed by atoms with E-state index in [2.05, 4.69) is 54.9 Å². The number of carbonyl (C=O) groups is 8. The maximum absolute atomic E-state index is 13.7. The van der Waals surface area contributed by atoms with Crippen molar-refractivity contribution in [3.63, 3.8) is 0 Å². The number of nitrogens with one attached hydrogen (secondary N) is 3. The average Bonchev–Trinajstić information content (AvgIpc) is 3.96. The number of halogens is 2. The Hall–Kier alpha value is -4.32. The first-order valence-corrected chi connectivity index (χ1v) is 24.4. The molecule has 2 bridgehead atoms. The van der Waals surface area contributed by atoms with Crippen LogP contribution in [0.1, 0.15) is 57.9 Å². The number of carbonyl (C=O) groups excluding carboxylic acids is 7. The van der Waals surface area contributed by atoms with Crippen LogP contribution in [0.25, 0.3) is 0 Å². The number of quaternary nitrogens is 1. The molecule has 1 aromatic rings. The Balaban J connectivity index is 0.0000101. The average molecular weight is 1090 g/mol. The topological polar surface area (TPSA) is 262 Å². The molecule has 378 valence electrons. The first-order chi connectivity index (χ1) is 31.9. The number of ketones is 1. The molecule has 5 rings (SSSR count). The molecular weight excluding hydrogens is 1020 g/mol. The fourth-order valence-electron chi connectivity index (χ4n) is 8.92. The number of fused-ring (bicyclic) bond motifs is 2. The summed E-state index contributed by atoms with van der Waals surface area (Å²) in [5, 5.41) is 18.1. The van der Waals surface area contributed by atoms with Crippen molar-refractivity contribution in [2.75, 3.05) is 91.3 Å². The molecule has 6 N–H and O–H groups in total. The van der Waals surface area contributed by atoms with Gasteiger partial charge in [-0.15, -0.1) is 0 Å². The van der Waals surface area contributed by atoms with Gasteiger partial charge in [0.15, 0.2) is 5.78 Å². The standard InChI is InChI=1S/C45H63Br2N7O13.CH3/c1-27(2)39(51-34(56)12-19-64-21-23-66-24-22-65-20-16-53-42(59)37(46)38(47)43(53)60)31(55)25-29(5-4-13-49-45(48)63)40(57)50-30-8-6-28(7-9-30)26-54(3)17-14-52(15-18-54)41(58)35-32-10-11-33(67-32)36(35)44(61)62;/h6-9,27,29,32-33,35-36,39H,4-5,10-26H2,1-3H3,(H5-,48,49,50,51,56,57,61,62,63);1H3/q;-1/p+1/t29-,32?,33?,35?,36?,39+;/m1./s1. The number of likely N-dealkylation sites (N-methyl/N-ethyl adjacent to an activating group) is 1. The van der Waals surface area contributed by atoms with Gasteiger partial charge in [0, 0.05) is 36.6 Å². The fraction of sp³-hybridized carbons (Fsp3) is 0.630. The predicted octanol–water partition coefficient (Wildman–Crippen LogP) is 2.72. The summed E-state index contributed by atoms with van der Waals surface area (Å²) in [4.78, 5) is 104. The van der Waals surface area contributed by atoms with Gasteiger partial charge >= 0.3 is 12.0 Å². The van der Waals surface area contributed by atoms with Gasteiger partial charge in [0.1, 0.15) is 15.5 Å². The van der Waals surface area contributed by atoms with E-state index in [9.17, 15) is 43.5 Å². The van der Waals surface area contributed by atoms with Crippen molar-refractivity contribution in [2.45, 2.75) is 77.2 Å². The van der Waals surface area contributed by atoms with Crippen LogP contribution in [0.3, 0.4) is 0 Å². The number of aliphatic carboxylic acids is 1. The number of nitrogens with zero attached hydrogens (tertiary/aromatic N) is 3. The second-order valence-corrected chi connectivity index (χ2v) is 19.6. The highest BCUT2D eigenvalue weighted by Crippen LogP contribution is 2.44. The van der Waals surface area contributed by atoms with E-state index in [0.717, 1.165) is 10.5 Å². The zero-order valence-corrected chi connectivity index (χ0v) is 42.5. The number of urea groups is 1. The molecule has 0 spiro atoms. The fourth-order valence-corrected chi connectivity index (χ4v) is 9.69. The molecule has 1 aromatic carbocycles. The molecule has 0 aliphatic carbocycles. The molecule has 4 heterocycles. The molecule has 0 radical (unpaired) electrons. The molecule has 0 aromatic heterocycles. The monoisotopic (exact) mass is 1080 g/mol.